The number of rotatable bonds is 0. The van der Waals surface area contributed by atoms with Gasteiger partial charge < -0.3 is 21.7 Å². The van der Waals surface area contributed by atoms with Crippen molar-refractivity contribution in [2.75, 3.05) is 13.2 Å². The predicted octanol–water partition coefficient (Wildman–Crippen LogP) is -0.292. The van der Waals surface area contributed by atoms with E-state index in [1.807, 2.05) is 0 Å². The zero-order valence-electron chi connectivity index (χ0n) is 8.43. The topological polar surface area (TPSA) is 9.23 Å². The Hall–Kier alpha value is 1.21. The molecule has 1 aliphatic carbocycles. The molecule has 2 rings (SSSR count). The Morgan fingerprint density at radius 3 is 1.62 bits per heavy atom. The Bertz CT molecular complexity index is 93.5. The van der Waals surface area contributed by atoms with Crippen LogP contribution < -0.4 is 17.0 Å². The van der Waals surface area contributed by atoms with Crippen molar-refractivity contribution >= 4 is 21.7 Å². The van der Waals surface area contributed by atoms with Gasteiger partial charge in [-0.1, -0.05) is 0 Å². The molecule has 0 unspecified atom stereocenters. The molecule has 1 saturated heterocycles. The molecule has 74 valence electrons. The van der Waals surface area contributed by atoms with Crippen molar-refractivity contribution in [1.29, 1.82) is 0 Å². The van der Waals surface area contributed by atoms with Crippen LogP contribution in [0.4, 0.5) is 0 Å². The average Bonchev–Trinajstić information content (AvgIpc) is 2.62. The van der Waals surface area contributed by atoms with Crippen LogP contribution in [0.15, 0.2) is 0 Å². The van der Waals surface area contributed by atoms with E-state index in [4.69, 9.17) is 4.74 Å². The van der Waals surface area contributed by atoms with Gasteiger partial charge in [0.05, 0.1) is 0 Å². The normalized spacial score (nSPS) is 22.9. The Kier molecular flexibility index (Phi) is 10.7. The van der Waals surface area contributed by atoms with Gasteiger partial charge in [0.25, 0.3) is 0 Å². The number of hydrogen-bond acceptors (Lipinski definition) is 1. The van der Waals surface area contributed by atoms with Crippen molar-refractivity contribution in [1.82, 2.24) is 0 Å². The van der Waals surface area contributed by atoms with E-state index in [1.54, 1.807) is 0 Å². The van der Waals surface area contributed by atoms with E-state index in [0.717, 1.165) is 17.3 Å². The summed E-state index contributed by atoms with van der Waals surface area (Å²) in [7, 11) is 0. The Morgan fingerprint density at radius 2 is 1.38 bits per heavy atom. The van der Waals surface area contributed by atoms with Crippen LogP contribution in [0.3, 0.4) is 0 Å². The average molecular weight is 259 g/mol. The molecule has 1 nitrogen and oxygen atoms in total. The molecular weight excluding hydrogens is 240 g/mol. The third-order valence-corrected chi connectivity index (χ3v) is 3.37. The molecule has 0 aromatic carbocycles. The molecule has 0 bridgehead atoms. The molecule has 0 spiro atoms. The third kappa shape index (κ3) is 8.22. The van der Waals surface area contributed by atoms with Crippen LogP contribution in [0, 0.1) is 0 Å². The monoisotopic (exact) mass is 258 g/mol. The first-order valence-electron chi connectivity index (χ1n) is 5.30. The van der Waals surface area contributed by atoms with Crippen molar-refractivity contribution in [3.63, 3.8) is 0 Å². The standard InChI is InChI=1S/C6H11.C4H8O.BrH.Mg/c1-2-4-6-5-3-1;1-2-4-5-3-1;;/h1H,2-6H2;1-4H2;1H;/q;;;+1/p-1. The summed E-state index contributed by atoms with van der Waals surface area (Å²) in [6, 6.07) is 0. The van der Waals surface area contributed by atoms with Crippen molar-refractivity contribution in [3.05, 3.63) is 0 Å². The molecule has 1 heterocycles. The predicted molar refractivity (Wildman–Crippen MR) is 52.6 cm³/mol. The fourth-order valence-electron chi connectivity index (χ4n) is 1.70. The van der Waals surface area contributed by atoms with Crippen LogP contribution in [0.5, 0.6) is 0 Å². The maximum atomic E-state index is 4.94. The van der Waals surface area contributed by atoms with Gasteiger partial charge in [-0.25, -0.2) is 0 Å². The molecule has 0 atom stereocenters. The van der Waals surface area contributed by atoms with E-state index in [1.165, 1.54) is 44.9 Å². The molecule has 3 heteroatoms. The molecule has 0 amide bonds. The molecule has 0 N–H and O–H groups in total. The second-order valence-electron chi connectivity index (χ2n) is 3.82. The van der Waals surface area contributed by atoms with E-state index >= 15 is 0 Å². The summed E-state index contributed by atoms with van der Waals surface area (Å²) >= 11 is 2.18. The number of hydrogen-bond donors (Lipinski definition) is 0. The summed E-state index contributed by atoms with van der Waals surface area (Å²) < 4.78 is 6.01. The first-order chi connectivity index (χ1) is 5.89. The summed E-state index contributed by atoms with van der Waals surface area (Å²) in [4.78, 5) is 0. The SMILES string of the molecule is C1CCOC1.[Br-].[Mg+][CH]1CCCCC1. The van der Waals surface area contributed by atoms with Gasteiger partial charge in [0.2, 0.25) is 0 Å². The maximum absolute atomic E-state index is 4.94. The minimum absolute atomic E-state index is 0. The molecule has 0 aromatic heterocycles. The van der Waals surface area contributed by atoms with Crippen LogP contribution in [0.25, 0.3) is 0 Å². The quantitative estimate of drug-likeness (QED) is 0.543. The molecule has 13 heavy (non-hydrogen) atoms. The zero-order valence-corrected chi connectivity index (χ0v) is 11.4. The Balaban J connectivity index is 0.000000215. The van der Waals surface area contributed by atoms with Gasteiger partial charge in [0.15, 0.2) is 0 Å². The fourth-order valence-corrected chi connectivity index (χ4v) is 2.27. The van der Waals surface area contributed by atoms with Crippen LogP contribution in [0.2, 0.25) is 4.05 Å². The van der Waals surface area contributed by atoms with Gasteiger partial charge in [0.1, 0.15) is 0 Å². The molecule has 2 aliphatic rings. The van der Waals surface area contributed by atoms with E-state index in [-0.39, 0.29) is 17.0 Å². The molecular formula is C10H19BrMgO. The van der Waals surface area contributed by atoms with Crippen molar-refractivity contribution in [3.8, 4) is 0 Å². The van der Waals surface area contributed by atoms with E-state index in [2.05, 4.69) is 21.7 Å². The van der Waals surface area contributed by atoms with E-state index < -0.39 is 0 Å². The van der Waals surface area contributed by atoms with Gasteiger partial charge in [-0.05, 0) is 12.8 Å². The van der Waals surface area contributed by atoms with Gasteiger partial charge >= 0.3 is 57.9 Å². The molecule has 1 saturated carbocycles. The fraction of sp³-hybridized carbons (Fsp3) is 1.00. The summed E-state index contributed by atoms with van der Waals surface area (Å²) in [6.07, 6.45) is 10.0. The number of halogens is 1. The molecule has 2 fully saturated rings. The first-order valence-corrected chi connectivity index (χ1v) is 6.12. The van der Waals surface area contributed by atoms with Crippen molar-refractivity contribution < 1.29 is 21.7 Å². The summed E-state index contributed by atoms with van der Waals surface area (Å²) in [5.41, 5.74) is 0. The summed E-state index contributed by atoms with van der Waals surface area (Å²) in [6.45, 7) is 2.00. The molecule has 1 aliphatic heterocycles. The summed E-state index contributed by atoms with van der Waals surface area (Å²) in [5, 5.41) is 0. The molecule has 0 radical (unpaired) electrons. The van der Waals surface area contributed by atoms with Crippen LogP contribution in [0.1, 0.15) is 44.9 Å². The zero-order chi connectivity index (χ0) is 8.65. The second-order valence-corrected chi connectivity index (χ2v) is 4.98. The first kappa shape index (κ1) is 14.2. The van der Waals surface area contributed by atoms with E-state index in [9.17, 15) is 0 Å². The van der Waals surface area contributed by atoms with Gasteiger partial charge in [0, 0.05) is 13.2 Å². The summed E-state index contributed by atoms with van der Waals surface area (Å²) in [5.74, 6) is 0. The molecule has 0 aromatic rings. The van der Waals surface area contributed by atoms with Gasteiger partial charge in [-0.15, -0.1) is 0 Å². The Labute approximate surface area is 105 Å². The van der Waals surface area contributed by atoms with Crippen molar-refractivity contribution in [2.24, 2.45) is 0 Å². The van der Waals surface area contributed by atoms with E-state index in [0.29, 0.717) is 0 Å². The van der Waals surface area contributed by atoms with Crippen LogP contribution >= 0.6 is 0 Å². The van der Waals surface area contributed by atoms with Crippen molar-refractivity contribution in [2.45, 2.75) is 49.0 Å². The minimum atomic E-state index is 0. The van der Waals surface area contributed by atoms with Crippen LogP contribution in [-0.2, 0) is 4.74 Å². The second kappa shape index (κ2) is 9.75. The Morgan fingerprint density at radius 1 is 0.846 bits per heavy atom. The number of ether oxygens (including phenoxy) is 1. The third-order valence-electron chi connectivity index (χ3n) is 2.55. The van der Waals surface area contributed by atoms with Gasteiger partial charge in [-0.3, -0.25) is 0 Å². The van der Waals surface area contributed by atoms with Gasteiger partial charge in [-0.2, -0.15) is 0 Å². The van der Waals surface area contributed by atoms with Crippen LogP contribution in [-0.4, -0.2) is 34.9 Å².